The van der Waals surface area contributed by atoms with Crippen molar-refractivity contribution in [2.45, 2.75) is 38.1 Å². The first-order valence-corrected chi connectivity index (χ1v) is 5.77. The normalized spacial score (nSPS) is 26.0. The van der Waals surface area contributed by atoms with E-state index in [4.69, 9.17) is 5.73 Å². The molecule has 2 atom stereocenters. The molecule has 3 nitrogen and oxygen atoms in total. The predicted octanol–water partition coefficient (Wildman–Crippen LogP) is 1.54. The van der Waals surface area contributed by atoms with Crippen molar-refractivity contribution >= 4 is 5.91 Å². The molecule has 1 rings (SSSR count). The van der Waals surface area contributed by atoms with Crippen molar-refractivity contribution in [3.8, 4) is 0 Å². The Hall–Kier alpha value is -0.830. The third-order valence-corrected chi connectivity index (χ3v) is 3.38. The summed E-state index contributed by atoms with van der Waals surface area (Å²) in [6, 6.07) is 0.344. The monoisotopic (exact) mass is 210 g/mol. The van der Waals surface area contributed by atoms with Crippen LogP contribution in [-0.4, -0.2) is 30.4 Å². The number of amides is 1. The molecule has 0 saturated heterocycles. The summed E-state index contributed by atoms with van der Waals surface area (Å²) in [6.45, 7) is 4.29. The molecule has 0 bridgehead atoms. The minimum absolute atomic E-state index is 0.162. The van der Waals surface area contributed by atoms with Gasteiger partial charge < -0.3 is 10.6 Å². The Kier molecular flexibility index (Phi) is 4.82. The highest BCUT2D eigenvalue weighted by molar-refractivity contribution is 5.77. The van der Waals surface area contributed by atoms with Crippen LogP contribution < -0.4 is 5.73 Å². The summed E-state index contributed by atoms with van der Waals surface area (Å²) in [5.41, 5.74) is 5.75. The summed E-state index contributed by atoms with van der Waals surface area (Å²) in [7, 11) is 1.89. The lowest BCUT2D eigenvalue weighted by molar-refractivity contribution is -0.132. The molecule has 0 aromatic rings. The van der Waals surface area contributed by atoms with E-state index >= 15 is 0 Å². The molecule has 2 unspecified atom stereocenters. The minimum Gasteiger partial charge on any atom is -0.342 e. The van der Waals surface area contributed by atoms with E-state index in [0.29, 0.717) is 24.9 Å². The van der Waals surface area contributed by atoms with Crippen LogP contribution in [0.15, 0.2) is 12.7 Å². The zero-order valence-electron chi connectivity index (χ0n) is 9.61. The Morgan fingerprint density at radius 3 is 2.80 bits per heavy atom. The van der Waals surface area contributed by atoms with E-state index in [-0.39, 0.29) is 5.91 Å². The summed E-state index contributed by atoms with van der Waals surface area (Å²) in [5.74, 6) is 0.646. The van der Waals surface area contributed by atoms with E-state index in [1.807, 2.05) is 11.9 Å². The highest BCUT2D eigenvalue weighted by Crippen LogP contribution is 2.27. The van der Waals surface area contributed by atoms with Crippen molar-refractivity contribution in [2.24, 2.45) is 11.7 Å². The summed E-state index contributed by atoms with van der Waals surface area (Å²) in [6.07, 6.45) is 6.83. The maximum atomic E-state index is 11.7. The Morgan fingerprint density at radius 1 is 1.53 bits per heavy atom. The molecule has 0 radical (unpaired) electrons. The number of carbonyl (C=O) groups is 1. The fourth-order valence-corrected chi connectivity index (χ4v) is 2.43. The van der Waals surface area contributed by atoms with Crippen LogP contribution in [0, 0.1) is 5.92 Å². The lowest BCUT2D eigenvalue weighted by Gasteiger charge is -2.37. The number of nitrogens with two attached hydrogens (primary N) is 1. The molecule has 2 N–H and O–H groups in total. The third kappa shape index (κ3) is 3.06. The number of carbonyl (C=O) groups excluding carboxylic acids is 1. The zero-order chi connectivity index (χ0) is 11.3. The predicted molar refractivity (Wildman–Crippen MR) is 62.4 cm³/mol. The van der Waals surface area contributed by atoms with Gasteiger partial charge in [-0.15, -0.1) is 6.58 Å². The van der Waals surface area contributed by atoms with Gasteiger partial charge in [0.05, 0.1) is 0 Å². The number of rotatable bonds is 4. The second kappa shape index (κ2) is 5.91. The van der Waals surface area contributed by atoms with Crippen LogP contribution in [0.25, 0.3) is 0 Å². The molecule has 1 aliphatic carbocycles. The lowest BCUT2D eigenvalue weighted by Crippen LogP contribution is -2.45. The smallest absolute Gasteiger partial charge is 0.226 e. The molecule has 0 aromatic heterocycles. The molecular formula is C12H22N2O. The maximum Gasteiger partial charge on any atom is 0.226 e. The Morgan fingerprint density at radius 2 is 2.20 bits per heavy atom. The van der Waals surface area contributed by atoms with Crippen molar-refractivity contribution in [1.29, 1.82) is 0 Å². The van der Waals surface area contributed by atoms with Gasteiger partial charge in [-0.25, -0.2) is 0 Å². The average molecular weight is 210 g/mol. The van der Waals surface area contributed by atoms with Crippen molar-refractivity contribution in [2.75, 3.05) is 13.6 Å². The molecular weight excluding hydrogens is 188 g/mol. The highest BCUT2D eigenvalue weighted by atomic mass is 16.2. The van der Waals surface area contributed by atoms with Gasteiger partial charge in [0.25, 0.3) is 0 Å². The quantitative estimate of drug-likeness (QED) is 0.715. The molecule has 1 amide bonds. The van der Waals surface area contributed by atoms with Crippen LogP contribution in [0.4, 0.5) is 0 Å². The molecule has 86 valence electrons. The molecule has 0 aromatic carbocycles. The Labute approximate surface area is 92.3 Å². The van der Waals surface area contributed by atoms with Crippen LogP contribution in [0.3, 0.4) is 0 Å². The van der Waals surface area contributed by atoms with Crippen molar-refractivity contribution < 1.29 is 4.79 Å². The van der Waals surface area contributed by atoms with Crippen molar-refractivity contribution in [3.63, 3.8) is 0 Å². The van der Waals surface area contributed by atoms with Crippen molar-refractivity contribution in [1.82, 2.24) is 4.90 Å². The van der Waals surface area contributed by atoms with Gasteiger partial charge in [0.1, 0.15) is 0 Å². The zero-order valence-corrected chi connectivity index (χ0v) is 9.61. The van der Waals surface area contributed by atoms with Crippen LogP contribution in [0.5, 0.6) is 0 Å². The number of hydrogen-bond donors (Lipinski definition) is 1. The Balaban J connectivity index is 2.58. The van der Waals surface area contributed by atoms with Gasteiger partial charge in [-0.2, -0.15) is 0 Å². The molecule has 1 fully saturated rings. The second-order valence-corrected chi connectivity index (χ2v) is 4.35. The van der Waals surface area contributed by atoms with E-state index in [1.54, 1.807) is 6.08 Å². The Bertz CT molecular complexity index is 228. The fourth-order valence-electron chi connectivity index (χ4n) is 2.43. The van der Waals surface area contributed by atoms with Crippen LogP contribution in [0.2, 0.25) is 0 Å². The first-order valence-electron chi connectivity index (χ1n) is 5.77. The van der Waals surface area contributed by atoms with Gasteiger partial charge in [-0.05, 0) is 25.3 Å². The summed E-state index contributed by atoms with van der Waals surface area (Å²) >= 11 is 0. The molecule has 3 heteroatoms. The van der Waals surface area contributed by atoms with Gasteiger partial charge >= 0.3 is 0 Å². The van der Waals surface area contributed by atoms with E-state index in [2.05, 4.69) is 6.58 Å². The standard InChI is InChI=1S/C12H22N2O/c1-3-6-12(15)14(2)11-8-5-4-7-10(11)9-13/h3,10-11H,1,4-9,13H2,2H3. The first-order chi connectivity index (χ1) is 7.20. The van der Waals surface area contributed by atoms with E-state index in [9.17, 15) is 4.79 Å². The summed E-state index contributed by atoms with van der Waals surface area (Å²) in [5, 5.41) is 0. The molecule has 1 aliphatic rings. The lowest BCUT2D eigenvalue weighted by atomic mass is 9.83. The first kappa shape index (κ1) is 12.2. The van der Waals surface area contributed by atoms with Crippen LogP contribution >= 0.6 is 0 Å². The van der Waals surface area contributed by atoms with Gasteiger partial charge in [0.15, 0.2) is 0 Å². The third-order valence-electron chi connectivity index (χ3n) is 3.38. The number of hydrogen-bond acceptors (Lipinski definition) is 2. The largest absolute Gasteiger partial charge is 0.342 e. The molecule has 0 aliphatic heterocycles. The summed E-state index contributed by atoms with van der Waals surface area (Å²) < 4.78 is 0. The molecule has 15 heavy (non-hydrogen) atoms. The highest BCUT2D eigenvalue weighted by Gasteiger charge is 2.29. The van der Waals surface area contributed by atoms with Crippen molar-refractivity contribution in [3.05, 3.63) is 12.7 Å². The van der Waals surface area contributed by atoms with E-state index in [1.165, 1.54) is 12.8 Å². The van der Waals surface area contributed by atoms with Gasteiger partial charge in [-0.3, -0.25) is 4.79 Å². The van der Waals surface area contributed by atoms with Crippen LogP contribution in [0.1, 0.15) is 32.1 Å². The second-order valence-electron chi connectivity index (χ2n) is 4.35. The minimum atomic E-state index is 0.162. The van der Waals surface area contributed by atoms with Crippen LogP contribution in [-0.2, 0) is 4.79 Å². The number of nitrogens with zero attached hydrogens (tertiary/aromatic N) is 1. The van der Waals surface area contributed by atoms with Gasteiger partial charge in [0, 0.05) is 19.5 Å². The molecule has 0 spiro atoms. The van der Waals surface area contributed by atoms with Gasteiger partial charge in [-0.1, -0.05) is 18.9 Å². The molecule has 1 saturated carbocycles. The summed E-state index contributed by atoms with van der Waals surface area (Å²) in [4.78, 5) is 13.6. The average Bonchev–Trinajstić information content (AvgIpc) is 2.28. The van der Waals surface area contributed by atoms with E-state index in [0.717, 1.165) is 12.8 Å². The fraction of sp³-hybridized carbons (Fsp3) is 0.750. The topological polar surface area (TPSA) is 46.3 Å². The van der Waals surface area contributed by atoms with E-state index < -0.39 is 0 Å². The SMILES string of the molecule is C=CCC(=O)N(C)C1CCCCC1CN. The van der Waals surface area contributed by atoms with Gasteiger partial charge in [0.2, 0.25) is 5.91 Å². The maximum absolute atomic E-state index is 11.7. The molecule has 0 heterocycles.